The molecule has 0 heteroatoms. The van der Waals surface area contributed by atoms with E-state index < -0.39 is 0 Å². The quantitative estimate of drug-likeness (QED) is 0.271. The molecule has 2 aliphatic rings. The van der Waals surface area contributed by atoms with E-state index in [-0.39, 0.29) is 10.8 Å². The van der Waals surface area contributed by atoms with Gasteiger partial charge in [-0.15, -0.1) is 0 Å². The number of hydrogen-bond donors (Lipinski definition) is 0. The summed E-state index contributed by atoms with van der Waals surface area (Å²) in [6.45, 7) is 9.60. The molecule has 0 amide bonds. The Bertz CT molecular complexity index is 1190. The Morgan fingerprint density at radius 1 is 0.429 bits per heavy atom. The van der Waals surface area contributed by atoms with Crippen LogP contribution in [0.5, 0.6) is 0 Å². The van der Waals surface area contributed by atoms with E-state index in [4.69, 9.17) is 0 Å². The first kappa shape index (κ1) is 22.4. The van der Waals surface area contributed by atoms with Gasteiger partial charge in [-0.1, -0.05) is 125 Å². The highest BCUT2D eigenvalue weighted by Gasteiger charge is 2.52. The van der Waals surface area contributed by atoms with Gasteiger partial charge in [0.25, 0.3) is 0 Å². The Labute approximate surface area is 211 Å². The fourth-order valence-corrected chi connectivity index (χ4v) is 7.71. The van der Waals surface area contributed by atoms with Crippen molar-refractivity contribution in [2.75, 3.05) is 0 Å². The molecule has 2 aliphatic carbocycles. The minimum absolute atomic E-state index is 0.0131. The smallest absolute Gasteiger partial charge is 0.0229 e. The zero-order valence-corrected chi connectivity index (χ0v) is 21.5. The van der Waals surface area contributed by atoms with E-state index >= 15 is 0 Å². The fraction of sp³-hybridized carbons (Fsp3) is 0.314. The van der Waals surface area contributed by atoms with Gasteiger partial charge in [0.15, 0.2) is 0 Å². The summed E-state index contributed by atoms with van der Waals surface area (Å²) in [6, 6.07) is 37.0. The summed E-state index contributed by atoms with van der Waals surface area (Å²) in [5.41, 5.74) is 11.8. The van der Waals surface area contributed by atoms with E-state index in [1.807, 2.05) is 0 Å². The Kier molecular flexibility index (Phi) is 5.26. The molecule has 4 aromatic carbocycles. The van der Waals surface area contributed by atoms with E-state index in [1.54, 1.807) is 0 Å². The van der Waals surface area contributed by atoms with Gasteiger partial charge in [0.1, 0.15) is 0 Å². The van der Waals surface area contributed by atoms with Crippen molar-refractivity contribution in [3.05, 3.63) is 119 Å². The van der Waals surface area contributed by atoms with Crippen molar-refractivity contribution in [1.82, 2.24) is 0 Å². The summed E-state index contributed by atoms with van der Waals surface area (Å²) in [5, 5.41) is 0. The molecule has 0 N–H and O–H groups in total. The van der Waals surface area contributed by atoms with Crippen LogP contribution >= 0.6 is 0 Å². The summed E-state index contributed by atoms with van der Waals surface area (Å²) < 4.78 is 0. The van der Waals surface area contributed by atoms with Crippen LogP contribution in [-0.4, -0.2) is 0 Å². The van der Waals surface area contributed by atoms with Crippen LogP contribution in [0.1, 0.15) is 69.2 Å². The molecule has 0 saturated heterocycles. The zero-order valence-electron chi connectivity index (χ0n) is 21.5. The van der Waals surface area contributed by atoms with E-state index in [0.717, 1.165) is 19.3 Å². The largest absolute Gasteiger partial charge is 0.0627 e. The van der Waals surface area contributed by atoms with Crippen molar-refractivity contribution in [3.8, 4) is 22.3 Å². The van der Waals surface area contributed by atoms with E-state index in [2.05, 4.69) is 125 Å². The van der Waals surface area contributed by atoms with Gasteiger partial charge in [0.05, 0.1) is 0 Å². The average molecular weight is 457 g/mol. The van der Waals surface area contributed by atoms with Crippen molar-refractivity contribution in [2.24, 2.45) is 11.8 Å². The Morgan fingerprint density at radius 3 is 0.943 bits per heavy atom. The Hall–Kier alpha value is -3.12. The second-order valence-electron chi connectivity index (χ2n) is 11.7. The molecule has 0 nitrogen and oxygen atoms in total. The van der Waals surface area contributed by atoms with Crippen LogP contribution in [0.3, 0.4) is 0 Å². The van der Waals surface area contributed by atoms with Crippen molar-refractivity contribution in [1.29, 1.82) is 0 Å². The third-order valence-corrected chi connectivity index (χ3v) is 8.47. The molecule has 0 radical (unpaired) electrons. The van der Waals surface area contributed by atoms with Crippen LogP contribution in [0.15, 0.2) is 97.1 Å². The molecule has 0 aromatic heterocycles. The molecule has 0 saturated carbocycles. The molecular formula is C35H36. The van der Waals surface area contributed by atoms with Gasteiger partial charge in [-0.3, -0.25) is 0 Å². The molecular weight excluding hydrogens is 420 g/mol. The third-order valence-electron chi connectivity index (χ3n) is 8.47. The highest BCUT2D eigenvalue weighted by molar-refractivity contribution is 5.84. The maximum atomic E-state index is 2.42. The average Bonchev–Trinajstić information content (AvgIpc) is 3.27. The molecule has 4 aromatic rings. The first-order valence-electron chi connectivity index (χ1n) is 13.3. The first-order valence-corrected chi connectivity index (χ1v) is 13.3. The van der Waals surface area contributed by atoms with Gasteiger partial charge in [-0.2, -0.15) is 0 Å². The zero-order chi connectivity index (χ0) is 24.2. The molecule has 0 unspecified atom stereocenters. The third kappa shape index (κ3) is 3.26. The number of benzene rings is 4. The standard InChI is InChI=1S/C35H36/c1-24(2)21-34(30-17-9-5-13-26(30)27-14-6-10-18-31(27)34)23-35(22-25(3)4)32-19-11-7-15-28(32)29-16-8-12-20-33(29)35/h5-20,24-25H,21-23H2,1-4H3. The van der Waals surface area contributed by atoms with Crippen molar-refractivity contribution < 1.29 is 0 Å². The summed E-state index contributed by atoms with van der Waals surface area (Å²) in [6.07, 6.45) is 3.43. The van der Waals surface area contributed by atoms with Crippen LogP contribution < -0.4 is 0 Å². The molecule has 0 heterocycles. The monoisotopic (exact) mass is 456 g/mol. The first-order chi connectivity index (χ1) is 17.0. The Morgan fingerprint density at radius 2 is 0.686 bits per heavy atom. The molecule has 35 heavy (non-hydrogen) atoms. The molecule has 176 valence electrons. The van der Waals surface area contributed by atoms with Gasteiger partial charge in [-0.25, -0.2) is 0 Å². The van der Waals surface area contributed by atoms with Gasteiger partial charge >= 0.3 is 0 Å². The molecule has 0 bridgehead atoms. The fourth-order valence-electron chi connectivity index (χ4n) is 7.71. The summed E-state index contributed by atoms with van der Waals surface area (Å²) in [7, 11) is 0. The predicted molar refractivity (Wildman–Crippen MR) is 149 cm³/mol. The minimum Gasteiger partial charge on any atom is -0.0627 e. The predicted octanol–water partition coefficient (Wildman–Crippen LogP) is 9.40. The molecule has 0 fully saturated rings. The maximum Gasteiger partial charge on any atom is 0.0229 e. The van der Waals surface area contributed by atoms with Gasteiger partial charge in [-0.05, 0) is 75.6 Å². The van der Waals surface area contributed by atoms with Gasteiger partial charge in [0.2, 0.25) is 0 Å². The molecule has 6 rings (SSSR count). The highest BCUT2D eigenvalue weighted by atomic mass is 14.5. The van der Waals surface area contributed by atoms with E-state index in [9.17, 15) is 0 Å². The summed E-state index contributed by atoms with van der Waals surface area (Å²) in [5.74, 6) is 1.19. The SMILES string of the molecule is CC(C)CC1(CC2(CC(C)C)c3ccccc3-c3ccccc32)c2ccccc2-c2ccccc21. The van der Waals surface area contributed by atoms with Crippen LogP contribution in [-0.2, 0) is 10.8 Å². The lowest BCUT2D eigenvalue weighted by Gasteiger charge is -2.44. The van der Waals surface area contributed by atoms with Crippen LogP contribution in [0.4, 0.5) is 0 Å². The number of rotatable bonds is 6. The lowest BCUT2D eigenvalue weighted by Crippen LogP contribution is -2.39. The normalized spacial score (nSPS) is 16.2. The van der Waals surface area contributed by atoms with Gasteiger partial charge < -0.3 is 0 Å². The minimum atomic E-state index is -0.0131. The Balaban J connectivity index is 1.67. The second-order valence-corrected chi connectivity index (χ2v) is 11.7. The van der Waals surface area contributed by atoms with Crippen molar-refractivity contribution in [3.63, 3.8) is 0 Å². The van der Waals surface area contributed by atoms with E-state index in [0.29, 0.717) is 11.8 Å². The molecule has 0 atom stereocenters. The van der Waals surface area contributed by atoms with Gasteiger partial charge in [0, 0.05) is 10.8 Å². The number of hydrogen-bond acceptors (Lipinski definition) is 0. The van der Waals surface area contributed by atoms with Crippen molar-refractivity contribution in [2.45, 2.75) is 57.8 Å². The second kappa shape index (κ2) is 8.23. The summed E-state index contributed by atoms with van der Waals surface area (Å²) in [4.78, 5) is 0. The maximum absolute atomic E-state index is 2.42. The van der Waals surface area contributed by atoms with E-state index in [1.165, 1.54) is 44.5 Å². The lowest BCUT2D eigenvalue weighted by molar-refractivity contribution is 0.278. The van der Waals surface area contributed by atoms with Crippen LogP contribution in [0.2, 0.25) is 0 Å². The highest BCUT2D eigenvalue weighted by Crippen LogP contribution is 2.62. The topological polar surface area (TPSA) is 0 Å². The lowest BCUT2D eigenvalue weighted by atomic mass is 9.58. The molecule has 0 spiro atoms. The van der Waals surface area contributed by atoms with Crippen LogP contribution in [0.25, 0.3) is 22.3 Å². The molecule has 0 aliphatic heterocycles. The van der Waals surface area contributed by atoms with Crippen molar-refractivity contribution >= 4 is 0 Å². The van der Waals surface area contributed by atoms with Crippen LogP contribution in [0, 0.1) is 11.8 Å². The summed E-state index contributed by atoms with van der Waals surface area (Å²) >= 11 is 0. The number of fused-ring (bicyclic) bond motifs is 6.